The molecule has 0 amide bonds. The summed E-state index contributed by atoms with van der Waals surface area (Å²) in [7, 11) is 0. The second-order valence-electron chi connectivity index (χ2n) is 11.4. The highest BCUT2D eigenvalue weighted by atomic mass is 15.5. The molecule has 8 rings (SSSR count). The number of benzene rings is 6. The minimum absolute atomic E-state index is 0.235. The number of fused-ring (bicyclic) bond motifs is 5. The van der Waals surface area contributed by atoms with Crippen LogP contribution >= 0.6 is 0 Å². The van der Waals surface area contributed by atoms with E-state index in [4.69, 9.17) is 15.2 Å². The summed E-state index contributed by atoms with van der Waals surface area (Å²) in [4.78, 5) is 6.86. The van der Waals surface area contributed by atoms with E-state index in [-0.39, 0.29) is 16.7 Å². The van der Waals surface area contributed by atoms with Crippen LogP contribution in [0.1, 0.15) is 22.3 Å². The number of para-hydroxylation sites is 1. The molecule has 2 heterocycles. The highest BCUT2D eigenvalue weighted by molar-refractivity contribution is 6.23. The Morgan fingerprint density at radius 3 is 1.80 bits per heavy atom. The molecule has 8 heteroatoms. The Morgan fingerprint density at radius 2 is 1.14 bits per heavy atom. The lowest BCUT2D eigenvalue weighted by Crippen LogP contribution is -1.97. The minimum atomic E-state index is 0.235. The van der Waals surface area contributed by atoms with Crippen LogP contribution in [0.15, 0.2) is 121 Å². The Hall–Kier alpha value is -7.65. The van der Waals surface area contributed by atoms with Gasteiger partial charge in [-0.3, -0.25) is 0 Å². The van der Waals surface area contributed by atoms with Crippen LogP contribution in [0, 0.1) is 45.3 Å². The molecule has 6 aromatic carbocycles. The van der Waals surface area contributed by atoms with Crippen molar-refractivity contribution in [2.24, 2.45) is 0 Å². The van der Waals surface area contributed by atoms with Crippen molar-refractivity contribution >= 4 is 32.7 Å². The standard InChI is InChI=1S/C41H20N8/c42-21-25-11-13-27(14-12-25)34-20-35-38(41-40(34)47-49(48-41)32-9-5-2-6-10-32)33-16-15-29(19-36(33)46-39(35)28-7-3-1-4-8-28)37-30(23-44)17-26(22-43)18-31(37)24-45/h1-20H. The predicted molar refractivity (Wildman–Crippen MR) is 187 cm³/mol. The molecule has 49 heavy (non-hydrogen) atoms. The van der Waals surface area contributed by atoms with Gasteiger partial charge in [0, 0.05) is 32.8 Å². The lowest BCUT2D eigenvalue weighted by atomic mass is 9.90. The van der Waals surface area contributed by atoms with E-state index in [0.717, 1.165) is 44.2 Å². The molecule has 0 saturated carbocycles. The van der Waals surface area contributed by atoms with Crippen molar-refractivity contribution in [1.82, 2.24) is 20.0 Å². The van der Waals surface area contributed by atoms with Crippen molar-refractivity contribution in [2.75, 3.05) is 0 Å². The van der Waals surface area contributed by atoms with Crippen LogP contribution in [-0.2, 0) is 0 Å². The Bertz CT molecular complexity index is 2760. The van der Waals surface area contributed by atoms with Gasteiger partial charge in [0.05, 0.1) is 63.4 Å². The third-order valence-electron chi connectivity index (χ3n) is 8.57. The first-order valence-electron chi connectivity index (χ1n) is 15.3. The molecule has 0 fully saturated rings. The van der Waals surface area contributed by atoms with Gasteiger partial charge in [0.25, 0.3) is 0 Å². The summed E-state index contributed by atoms with van der Waals surface area (Å²) >= 11 is 0. The van der Waals surface area contributed by atoms with Crippen molar-refractivity contribution in [2.45, 2.75) is 0 Å². The summed E-state index contributed by atoms with van der Waals surface area (Å²) in [6.07, 6.45) is 0. The van der Waals surface area contributed by atoms with Crippen LogP contribution in [0.25, 0.3) is 71.9 Å². The van der Waals surface area contributed by atoms with Gasteiger partial charge in [-0.05, 0) is 59.7 Å². The second kappa shape index (κ2) is 11.6. The fourth-order valence-electron chi connectivity index (χ4n) is 6.33. The van der Waals surface area contributed by atoms with Crippen LogP contribution in [0.5, 0.6) is 0 Å². The third-order valence-corrected chi connectivity index (χ3v) is 8.57. The van der Waals surface area contributed by atoms with E-state index in [1.165, 1.54) is 12.1 Å². The maximum atomic E-state index is 10.0. The maximum absolute atomic E-state index is 10.0. The van der Waals surface area contributed by atoms with Gasteiger partial charge in [-0.2, -0.15) is 25.8 Å². The molecule has 0 saturated heterocycles. The van der Waals surface area contributed by atoms with Gasteiger partial charge < -0.3 is 0 Å². The van der Waals surface area contributed by atoms with E-state index in [1.54, 1.807) is 16.9 Å². The normalized spacial score (nSPS) is 10.8. The molecule has 0 unspecified atom stereocenters. The highest BCUT2D eigenvalue weighted by Gasteiger charge is 2.22. The number of nitriles is 4. The molecular formula is C41H20N8. The number of rotatable bonds is 4. The molecule has 8 aromatic rings. The monoisotopic (exact) mass is 624 g/mol. The van der Waals surface area contributed by atoms with E-state index in [2.05, 4.69) is 24.3 Å². The van der Waals surface area contributed by atoms with Gasteiger partial charge in [-0.25, -0.2) is 4.98 Å². The van der Waals surface area contributed by atoms with Gasteiger partial charge in [0.15, 0.2) is 0 Å². The smallest absolute Gasteiger partial charge is 0.122 e. The summed E-state index contributed by atoms with van der Waals surface area (Å²) in [5.74, 6) is 0. The van der Waals surface area contributed by atoms with Crippen molar-refractivity contribution in [3.8, 4) is 63.5 Å². The molecule has 0 N–H and O–H groups in total. The van der Waals surface area contributed by atoms with Crippen LogP contribution in [0.4, 0.5) is 0 Å². The molecule has 8 nitrogen and oxygen atoms in total. The van der Waals surface area contributed by atoms with Crippen LogP contribution in [-0.4, -0.2) is 20.0 Å². The predicted octanol–water partition coefficient (Wildman–Crippen LogP) is 8.61. The molecule has 0 radical (unpaired) electrons. The lowest BCUT2D eigenvalue weighted by molar-refractivity contribution is 0.766. The number of aromatic nitrogens is 4. The first-order chi connectivity index (χ1) is 24.1. The number of hydrogen-bond donors (Lipinski definition) is 0. The molecule has 0 spiro atoms. The van der Waals surface area contributed by atoms with Gasteiger partial charge in [0.2, 0.25) is 0 Å². The Labute approximate surface area is 280 Å². The zero-order chi connectivity index (χ0) is 33.5. The highest BCUT2D eigenvalue weighted by Crippen LogP contribution is 2.42. The fourth-order valence-corrected chi connectivity index (χ4v) is 6.33. The van der Waals surface area contributed by atoms with Gasteiger partial charge in [-0.15, -0.1) is 10.2 Å². The molecular weight excluding hydrogens is 605 g/mol. The third kappa shape index (κ3) is 4.79. The van der Waals surface area contributed by atoms with Crippen molar-refractivity contribution < 1.29 is 0 Å². The summed E-state index contributed by atoms with van der Waals surface area (Å²) in [5.41, 5.74) is 8.51. The summed E-state index contributed by atoms with van der Waals surface area (Å²) in [6.45, 7) is 0. The Morgan fingerprint density at radius 1 is 0.510 bits per heavy atom. The van der Waals surface area contributed by atoms with E-state index < -0.39 is 0 Å². The fraction of sp³-hybridized carbons (Fsp3) is 0. The van der Waals surface area contributed by atoms with Crippen molar-refractivity contribution in [3.05, 3.63) is 144 Å². The summed E-state index contributed by atoms with van der Waals surface area (Å²) in [5, 5.41) is 51.6. The van der Waals surface area contributed by atoms with E-state index >= 15 is 0 Å². The quantitative estimate of drug-likeness (QED) is 0.179. The largest absolute Gasteiger partial charge is 0.247 e. The molecule has 0 aliphatic rings. The van der Waals surface area contributed by atoms with E-state index in [0.29, 0.717) is 33.2 Å². The SMILES string of the molecule is N#Cc1ccc(-c2cc3c(-c4ccccc4)nc4cc(-c5c(C#N)cc(C#N)cc5C#N)ccc4c3c3nn(-c4ccccc4)nc23)cc1. The number of nitrogens with zero attached hydrogens (tertiary/aromatic N) is 8. The van der Waals surface area contributed by atoms with Crippen LogP contribution in [0.2, 0.25) is 0 Å². The first kappa shape index (κ1) is 28.8. The number of hydrogen-bond acceptors (Lipinski definition) is 7. The average Bonchev–Trinajstić information content (AvgIpc) is 3.63. The second-order valence-corrected chi connectivity index (χ2v) is 11.4. The maximum Gasteiger partial charge on any atom is 0.122 e. The minimum Gasteiger partial charge on any atom is -0.247 e. The molecule has 2 aromatic heterocycles. The van der Waals surface area contributed by atoms with Crippen molar-refractivity contribution in [3.63, 3.8) is 0 Å². The summed E-state index contributed by atoms with van der Waals surface area (Å²) in [6, 6.07) is 46.4. The molecule has 0 bridgehead atoms. The van der Waals surface area contributed by atoms with Crippen molar-refractivity contribution in [1.29, 1.82) is 21.0 Å². The zero-order valence-electron chi connectivity index (χ0n) is 25.6. The lowest BCUT2D eigenvalue weighted by Gasteiger charge is -2.14. The number of pyridine rings is 1. The molecule has 0 atom stereocenters. The summed E-state index contributed by atoms with van der Waals surface area (Å²) < 4.78 is 0. The molecule has 0 aliphatic carbocycles. The Balaban J connectivity index is 1.51. The van der Waals surface area contributed by atoms with Gasteiger partial charge in [0.1, 0.15) is 11.0 Å². The zero-order valence-corrected chi connectivity index (χ0v) is 25.6. The first-order valence-corrected chi connectivity index (χ1v) is 15.3. The Kier molecular flexibility index (Phi) is 6.83. The van der Waals surface area contributed by atoms with Gasteiger partial charge in [-0.1, -0.05) is 72.8 Å². The molecule has 224 valence electrons. The average molecular weight is 625 g/mol. The van der Waals surface area contributed by atoms with E-state index in [1.807, 2.05) is 97.1 Å². The van der Waals surface area contributed by atoms with Crippen LogP contribution < -0.4 is 0 Å². The molecule has 0 aliphatic heterocycles. The topological polar surface area (TPSA) is 139 Å². The van der Waals surface area contributed by atoms with Gasteiger partial charge >= 0.3 is 0 Å². The van der Waals surface area contributed by atoms with E-state index in [9.17, 15) is 21.0 Å². The van der Waals surface area contributed by atoms with Crippen LogP contribution in [0.3, 0.4) is 0 Å².